The molecule has 6 heteroatoms. The lowest BCUT2D eigenvalue weighted by Crippen LogP contribution is -2.17. The maximum atomic E-state index is 6.13. The van der Waals surface area contributed by atoms with E-state index in [4.69, 9.17) is 17.3 Å². The van der Waals surface area contributed by atoms with Gasteiger partial charge < -0.3 is 11.1 Å². The van der Waals surface area contributed by atoms with Crippen LogP contribution in [-0.2, 0) is 6.42 Å². The number of halogens is 1. The maximum absolute atomic E-state index is 6.13. The Kier molecular flexibility index (Phi) is 4.24. The number of benzene rings is 2. The molecule has 1 aliphatic rings. The largest absolute Gasteiger partial charge is 0.382 e. The van der Waals surface area contributed by atoms with Crippen LogP contribution in [-0.4, -0.2) is 15.2 Å². The number of anilines is 2. The summed E-state index contributed by atoms with van der Waals surface area (Å²) in [5.74, 6) is 1.25. The summed E-state index contributed by atoms with van der Waals surface area (Å²) in [7, 11) is 0. The number of hydrogen-bond donors (Lipinski definition) is 2. The topological polar surface area (TPSA) is 76.7 Å². The van der Waals surface area contributed by atoms with Crippen LogP contribution < -0.4 is 11.1 Å². The fourth-order valence-corrected chi connectivity index (χ4v) is 3.66. The van der Waals surface area contributed by atoms with Crippen molar-refractivity contribution in [1.29, 1.82) is 0 Å². The zero-order chi connectivity index (χ0) is 18.3. The van der Waals surface area contributed by atoms with E-state index in [0.29, 0.717) is 28.4 Å². The highest BCUT2D eigenvalue weighted by Gasteiger charge is 2.30. The van der Waals surface area contributed by atoms with Gasteiger partial charge in [-0.3, -0.25) is 0 Å². The first-order valence-corrected chi connectivity index (χ1v) is 9.01. The summed E-state index contributed by atoms with van der Waals surface area (Å²) in [5, 5.41) is 12.6. The summed E-state index contributed by atoms with van der Waals surface area (Å²) in [6, 6.07) is 14.1. The molecule has 132 valence electrons. The van der Waals surface area contributed by atoms with Gasteiger partial charge in [-0.25, -0.2) is 0 Å². The van der Waals surface area contributed by atoms with E-state index in [1.807, 2.05) is 12.1 Å². The van der Waals surface area contributed by atoms with Crippen LogP contribution >= 0.6 is 11.6 Å². The van der Waals surface area contributed by atoms with Crippen LogP contribution in [0.2, 0.25) is 5.02 Å². The minimum absolute atomic E-state index is 0.160. The summed E-state index contributed by atoms with van der Waals surface area (Å²) in [4.78, 5) is 4.43. The highest BCUT2D eigenvalue weighted by Crippen LogP contribution is 2.38. The smallest absolute Gasteiger partial charge is 0.245 e. The van der Waals surface area contributed by atoms with Crippen LogP contribution in [0.3, 0.4) is 0 Å². The molecule has 0 unspecified atom stereocenters. The molecule has 2 aromatic carbocycles. The average Bonchev–Trinajstić information content (AvgIpc) is 2.91. The molecule has 1 heterocycles. The second-order valence-electron chi connectivity index (χ2n) is 6.88. The van der Waals surface area contributed by atoms with E-state index in [0.717, 1.165) is 12.0 Å². The third-order valence-electron chi connectivity index (χ3n) is 4.86. The fourth-order valence-electron chi connectivity index (χ4n) is 3.53. The van der Waals surface area contributed by atoms with E-state index in [-0.39, 0.29) is 6.04 Å². The number of aromatic nitrogens is 3. The third kappa shape index (κ3) is 3.10. The number of nitrogen functional groups attached to an aromatic ring is 1. The van der Waals surface area contributed by atoms with Gasteiger partial charge in [-0.15, -0.1) is 10.2 Å². The molecule has 2 atom stereocenters. The predicted octanol–water partition coefficient (Wildman–Crippen LogP) is 4.43. The van der Waals surface area contributed by atoms with Crippen molar-refractivity contribution in [3.8, 4) is 11.3 Å². The van der Waals surface area contributed by atoms with Crippen molar-refractivity contribution in [2.75, 3.05) is 11.1 Å². The number of aryl methyl sites for hydroxylation is 1. The van der Waals surface area contributed by atoms with E-state index in [2.05, 4.69) is 52.5 Å². The van der Waals surface area contributed by atoms with E-state index in [1.165, 1.54) is 16.7 Å². The van der Waals surface area contributed by atoms with Gasteiger partial charge in [0.15, 0.2) is 5.82 Å². The zero-order valence-electron chi connectivity index (χ0n) is 14.7. The number of nitrogens with two attached hydrogens (primary N) is 1. The van der Waals surface area contributed by atoms with Crippen LogP contribution in [0.1, 0.15) is 29.7 Å². The molecule has 0 aliphatic heterocycles. The van der Waals surface area contributed by atoms with Gasteiger partial charge in [-0.1, -0.05) is 54.4 Å². The van der Waals surface area contributed by atoms with Crippen molar-refractivity contribution >= 4 is 23.4 Å². The molecule has 3 aromatic rings. The van der Waals surface area contributed by atoms with Gasteiger partial charge in [-0.2, -0.15) is 4.98 Å². The standard InChI is InChI=1S/C20H20ClN5/c1-11-3-4-14-10-12(2)17(16(14)9-11)23-20-24-19(22)18(25-26-20)13-5-7-15(21)8-6-13/h3-9,12,17H,10H2,1-2H3,(H3,22,23,24,26)/t12-,17+/m0/s1. The van der Waals surface area contributed by atoms with Gasteiger partial charge in [0.05, 0.1) is 6.04 Å². The summed E-state index contributed by atoms with van der Waals surface area (Å²) in [6.07, 6.45) is 1.04. The Morgan fingerprint density at radius 2 is 1.88 bits per heavy atom. The van der Waals surface area contributed by atoms with Gasteiger partial charge in [0.25, 0.3) is 0 Å². The van der Waals surface area contributed by atoms with Gasteiger partial charge in [0.2, 0.25) is 5.95 Å². The third-order valence-corrected chi connectivity index (χ3v) is 5.12. The van der Waals surface area contributed by atoms with Gasteiger partial charge in [-0.05, 0) is 42.5 Å². The van der Waals surface area contributed by atoms with Crippen molar-refractivity contribution in [1.82, 2.24) is 15.2 Å². The minimum atomic E-state index is 0.160. The Hall–Kier alpha value is -2.66. The van der Waals surface area contributed by atoms with Gasteiger partial charge >= 0.3 is 0 Å². The number of nitrogens with zero attached hydrogens (tertiary/aromatic N) is 3. The van der Waals surface area contributed by atoms with Crippen molar-refractivity contribution in [3.05, 3.63) is 64.2 Å². The molecule has 0 saturated heterocycles. The molecular formula is C20H20ClN5. The maximum Gasteiger partial charge on any atom is 0.245 e. The summed E-state index contributed by atoms with van der Waals surface area (Å²) < 4.78 is 0. The second-order valence-corrected chi connectivity index (χ2v) is 7.32. The zero-order valence-corrected chi connectivity index (χ0v) is 15.5. The molecule has 0 radical (unpaired) electrons. The lowest BCUT2D eigenvalue weighted by Gasteiger charge is -2.19. The lowest BCUT2D eigenvalue weighted by molar-refractivity contribution is 0.538. The molecule has 4 rings (SSSR count). The van der Waals surface area contributed by atoms with Crippen LogP contribution in [0.4, 0.5) is 11.8 Å². The van der Waals surface area contributed by atoms with Crippen LogP contribution in [0.15, 0.2) is 42.5 Å². The highest BCUT2D eigenvalue weighted by molar-refractivity contribution is 6.30. The van der Waals surface area contributed by atoms with Crippen molar-refractivity contribution in [2.45, 2.75) is 26.3 Å². The van der Waals surface area contributed by atoms with Crippen molar-refractivity contribution in [3.63, 3.8) is 0 Å². The molecule has 26 heavy (non-hydrogen) atoms. The molecule has 0 amide bonds. The van der Waals surface area contributed by atoms with E-state index in [9.17, 15) is 0 Å². The Balaban J connectivity index is 1.61. The SMILES string of the molecule is Cc1ccc2c(c1)[C@H](Nc1nnc(-c3ccc(Cl)cc3)c(N)n1)[C@@H](C)C2. The minimum Gasteiger partial charge on any atom is -0.382 e. The first-order chi connectivity index (χ1) is 12.5. The number of hydrogen-bond acceptors (Lipinski definition) is 5. The molecule has 0 spiro atoms. The Morgan fingerprint density at radius 1 is 1.12 bits per heavy atom. The molecule has 1 aliphatic carbocycles. The van der Waals surface area contributed by atoms with Crippen LogP contribution in [0.5, 0.6) is 0 Å². The molecule has 1 aromatic heterocycles. The van der Waals surface area contributed by atoms with E-state index < -0.39 is 0 Å². The van der Waals surface area contributed by atoms with Gasteiger partial charge in [0.1, 0.15) is 5.69 Å². The monoisotopic (exact) mass is 365 g/mol. The number of nitrogens with one attached hydrogen (secondary N) is 1. The first-order valence-electron chi connectivity index (χ1n) is 8.63. The normalized spacial score (nSPS) is 18.6. The van der Waals surface area contributed by atoms with Crippen molar-refractivity contribution in [2.24, 2.45) is 5.92 Å². The van der Waals surface area contributed by atoms with E-state index in [1.54, 1.807) is 12.1 Å². The average molecular weight is 366 g/mol. The van der Waals surface area contributed by atoms with Crippen LogP contribution in [0.25, 0.3) is 11.3 Å². The van der Waals surface area contributed by atoms with E-state index >= 15 is 0 Å². The summed E-state index contributed by atoms with van der Waals surface area (Å²) >= 11 is 5.93. The summed E-state index contributed by atoms with van der Waals surface area (Å²) in [5.41, 5.74) is 11.5. The van der Waals surface area contributed by atoms with Crippen molar-refractivity contribution < 1.29 is 0 Å². The molecular weight excluding hydrogens is 346 g/mol. The number of fused-ring (bicyclic) bond motifs is 1. The molecule has 3 N–H and O–H groups in total. The Bertz CT molecular complexity index is 955. The first kappa shape index (κ1) is 16.8. The second kappa shape index (κ2) is 6.57. The predicted molar refractivity (Wildman–Crippen MR) is 105 cm³/mol. The lowest BCUT2D eigenvalue weighted by atomic mass is 10.0. The fraction of sp³-hybridized carbons (Fsp3) is 0.250. The molecule has 0 fully saturated rings. The Morgan fingerprint density at radius 3 is 2.62 bits per heavy atom. The summed E-state index contributed by atoms with van der Waals surface area (Å²) in [6.45, 7) is 4.34. The number of rotatable bonds is 3. The quantitative estimate of drug-likeness (QED) is 0.718. The molecule has 5 nitrogen and oxygen atoms in total. The molecule has 0 bridgehead atoms. The van der Waals surface area contributed by atoms with Crippen LogP contribution in [0, 0.1) is 12.8 Å². The Labute approximate surface area is 157 Å². The van der Waals surface area contributed by atoms with Gasteiger partial charge in [0, 0.05) is 10.6 Å². The molecule has 0 saturated carbocycles. The highest BCUT2D eigenvalue weighted by atomic mass is 35.5.